The highest BCUT2D eigenvalue weighted by molar-refractivity contribution is 6.17. The maximum Gasteiger partial charge on any atom is 0.416 e. The third-order valence-corrected chi connectivity index (χ3v) is 4.65. The average Bonchev–Trinajstić information content (AvgIpc) is 2.85. The number of anilines is 1. The topological polar surface area (TPSA) is 50.7 Å². The van der Waals surface area contributed by atoms with Crippen LogP contribution in [0.3, 0.4) is 0 Å². The molecule has 1 aliphatic heterocycles. The summed E-state index contributed by atoms with van der Waals surface area (Å²) in [5.41, 5.74) is 0.688. The maximum atomic E-state index is 13.2. The Balaban J connectivity index is 1.72. The van der Waals surface area contributed by atoms with Gasteiger partial charge in [0.15, 0.2) is 0 Å². The fourth-order valence-corrected chi connectivity index (χ4v) is 3.25. The van der Waals surface area contributed by atoms with Crippen LogP contribution in [0.1, 0.15) is 23.1 Å². The third-order valence-electron chi connectivity index (χ3n) is 4.65. The second-order valence-electron chi connectivity index (χ2n) is 6.91. The lowest BCUT2D eigenvalue weighted by molar-refractivity contribution is -0.138. The van der Waals surface area contributed by atoms with Gasteiger partial charge < -0.3 is 10.1 Å². The minimum Gasteiger partial charge on any atom is -0.457 e. The molecule has 0 atom stereocenters. The zero-order valence-corrected chi connectivity index (χ0v) is 16.0. The Kier molecular flexibility index (Phi) is 5.03. The first-order valence-electron chi connectivity index (χ1n) is 9.22. The van der Waals surface area contributed by atoms with Crippen molar-refractivity contribution < 1.29 is 22.7 Å². The minimum atomic E-state index is -4.51. The minimum absolute atomic E-state index is 0.0432. The van der Waals surface area contributed by atoms with Crippen LogP contribution in [-0.4, -0.2) is 11.6 Å². The van der Waals surface area contributed by atoms with Crippen molar-refractivity contribution >= 4 is 23.0 Å². The summed E-state index contributed by atoms with van der Waals surface area (Å²) in [6, 6.07) is 18.6. The van der Waals surface area contributed by atoms with Crippen LogP contribution in [0.2, 0.25) is 0 Å². The molecule has 0 bridgehead atoms. The van der Waals surface area contributed by atoms with Crippen molar-refractivity contribution in [3.05, 3.63) is 83.4 Å². The molecule has 152 valence electrons. The van der Waals surface area contributed by atoms with E-state index in [0.29, 0.717) is 22.8 Å². The molecule has 0 saturated heterocycles. The number of fused-ring (bicyclic) bond motifs is 1. The predicted molar refractivity (Wildman–Crippen MR) is 109 cm³/mol. The van der Waals surface area contributed by atoms with Gasteiger partial charge in [-0.05, 0) is 48.9 Å². The highest BCUT2D eigenvalue weighted by atomic mass is 19.4. The molecule has 1 aliphatic rings. The SMILES string of the molecule is Cc1cc2c(cc1C(F)(F)F)NC(=O)CC(c1cccc(Oc3ccccc3)c1)=N2. The fourth-order valence-electron chi connectivity index (χ4n) is 3.25. The quantitative estimate of drug-likeness (QED) is 0.553. The predicted octanol–water partition coefficient (Wildman–Crippen LogP) is 6.27. The molecular weight excluding hydrogens is 393 g/mol. The van der Waals surface area contributed by atoms with Crippen LogP contribution in [0.4, 0.5) is 24.5 Å². The monoisotopic (exact) mass is 410 g/mol. The molecular formula is C23H17F3N2O2. The Morgan fingerprint density at radius 3 is 2.43 bits per heavy atom. The van der Waals surface area contributed by atoms with Crippen LogP contribution >= 0.6 is 0 Å². The Morgan fingerprint density at radius 1 is 0.967 bits per heavy atom. The van der Waals surface area contributed by atoms with Crippen LogP contribution in [0.5, 0.6) is 11.5 Å². The normalized spacial score (nSPS) is 13.7. The molecule has 1 N–H and O–H groups in total. The zero-order valence-electron chi connectivity index (χ0n) is 16.0. The van der Waals surface area contributed by atoms with E-state index in [1.165, 1.54) is 13.0 Å². The number of benzene rings is 3. The third kappa shape index (κ3) is 4.20. The van der Waals surface area contributed by atoms with Crippen LogP contribution in [0.15, 0.2) is 71.7 Å². The van der Waals surface area contributed by atoms with Crippen LogP contribution in [-0.2, 0) is 11.0 Å². The number of nitrogens with zero attached hydrogens (tertiary/aromatic N) is 1. The number of aliphatic imine (C=N–C) groups is 1. The summed E-state index contributed by atoms with van der Waals surface area (Å²) < 4.78 is 45.5. The summed E-state index contributed by atoms with van der Waals surface area (Å²) in [7, 11) is 0. The second kappa shape index (κ2) is 7.67. The summed E-state index contributed by atoms with van der Waals surface area (Å²) in [6.07, 6.45) is -4.57. The average molecular weight is 410 g/mol. The van der Waals surface area contributed by atoms with Gasteiger partial charge in [-0.25, -0.2) is 0 Å². The molecule has 0 radical (unpaired) electrons. The molecule has 0 saturated carbocycles. The molecule has 0 unspecified atom stereocenters. The van der Waals surface area contributed by atoms with Gasteiger partial charge in [0.05, 0.1) is 29.1 Å². The number of amides is 1. The van der Waals surface area contributed by atoms with E-state index in [9.17, 15) is 18.0 Å². The van der Waals surface area contributed by atoms with E-state index in [4.69, 9.17) is 4.74 Å². The number of rotatable bonds is 3. The Labute approximate surface area is 171 Å². The Hall–Kier alpha value is -3.61. The first-order valence-corrected chi connectivity index (χ1v) is 9.22. The molecule has 0 fully saturated rings. The number of halogens is 3. The molecule has 0 aromatic heterocycles. The van der Waals surface area contributed by atoms with E-state index in [2.05, 4.69) is 10.3 Å². The van der Waals surface area contributed by atoms with Crippen LogP contribution in [0, 0.1) is 6.92 Å². The van der Waals surface area contributed by atoms with Crippen molar-refractivity contribution in [2.75, 3.05) is 5.32 Å². The lowest BCUT2D eigenvalue weighted by Crippen LogP contribution is -2.15. The highest BCUT2D eigenvalue weighted by Gasteiger charge is 2.34. The number of carbonyl (C=O) groups is 1. The molecule has 1 amide bonds. The van der Waals surface area contributed by atoms with Gasteiger partial charge in [-0.3, -0.25) is 9.79 Å². The summed E-state index contributed by atoms with van der Waals surface area (Å²) >= 11 is 0. The van der Waals surface area contributed by atoms with Crippen LogP contribution in [0.25, 0.3) is 0 Å². The van der Waals surface area contributed by atoms with Gasteiger partial charge >= 0.3 is 6.18 Å². The summed E-state index contributed by atoms with van der Waals surface area (Å²) in [5.74, 6) is 0.796. The van der Waals surface area contributed by atoms with Crippen molar-refractivity contribution in [1.29, 1.82) is 0 Å². The van der Waals surface area contributed by atoms with E-state index < -0.39 is 17.6 Å². The van der Waals surface area contributed by atoms with Gasteiger partial charge in [0, 0.05) is 5.56 Å². The number of para-hydroxylation sites is 1. The molecule has 3 aromatic carbocycles. The molecule has 7 heteroatoms. The molecule has 4 nitrogen and oxygen atoms in total. The van der Waals surface area contributed by atoms with Gasteiger partial charge in [-0.15, -0.1) is 0 Å². The van der Waals surface area contributed by atoms with Crippen molar-refractivity contribution in [3.63, 3.8) is 0 Å². The van der Waals surface area contributed by atoms with Gasteiger partial charge in [-0.1, -0.05) is 30.3 Å². The molecule has 0 spiro atoms. The molecule has 3 aromatic rings. The van der Waals surface area contributed by atoms with Crippen molar-refractivity contribution in [2.24, 2.45) is 4.99 Å². The largest absolute Gasteiger partial charge is 0.457 e. The number of carbonyl (C=O) groups excluding carboxylic acids is 1. The van der Waals surface area contributed by atoms with Crippen molar-refractivity contribution in [2.45, 2.75) is 19.5 Å². The number of ether oxygens (including phenoxy) is 1. The number of nitrogens with one attached hydrogen (secondary N) is 1. The number of alkyl halides is 3. The van der Waals surface area contributed by atoms with E-state index in [1.807, 2.05) is 30.3 Å². The second-order valence-corrected chi connectivity index (χ2v) is 6.91. The summed E-state index contributed by atoms with van der Waals surface area (Å²) in [6.45, 7) is 1.37. The van der Waals surface area contributed by atoms with Gasteiger partial charge in [0.25, 0.3) is 0 Å². The Bertz CT molecular complexity index is 1140. The molecule has 30 heavy (non-hydrogen) atoms. The van der Waals surface area contributed by atoms with Crippen molar-refractivity contribution in [1.82, 2.24) is 0 Å². The van der Waals surface area contributed by atoms with Gasteiger partial charge in [-0.2, -0.15) is 13.2 Å². The number of hydrogen-bond acceptors (Lipinski definition) is 3. The summed E-state index contributed by atoms with van der Waals surface area (Å²) in [5, 5.41) is 2.53. The van der Waals surface area contributed by atoms with E-state index in [1.54, 1.807) is 24.3 Å². The van der Waals surface area contributed by atoms with Gasteiger partial charge in [0.2, 0.25) is 5.91 Å². The molecule has 4 rings (SSSR count). The lowest BCUT2D eigenvalue weighted by atomic mass is 10.1. The fraction of sp³-hybridized carbons (Fsp3) is 0.130. The first kappa shape index (κ1) is 19.7. The van der Waals surface area contributed by atoms with Crippen molar-refractivity contribution in [3.8, 4) is 11.5 Å². The summed E-state index contributed by atoms with van der Waals surface area (Å²) in [4.78, 5) is 16.8. The zero-order chi connectivity index (χ0) is 21.3. The standard InChI is InChI=1S/C23H17F3N2O2/c1-14-10-20-21(12-18(14)23(24,25)26)28-22(29)13-19(27-20)15-6-5-9-17(11-15)30-16-7-3-2-4-8-16/h2-12H,13H2,1H3,(H,28,29). The maximum absolute atomic E-state index is 13.2. The smallest absolute Gasteiger partial charge is 0.416 e. The lowest BCUT2D eigenvalue weighted by Gasteiger charge is -2.13. The van der Waals surface area contributed by atoms with E-state index >= 15 is 0 Å². The molecule has 1 heterocycles. The Morgan fingerprint density at radius 2 is 1.70 bits per heavy atom. The highest BCUT2D eigenvalue weighted by Crippen LogP contribution is 2.39. The molecule has 0 aliphatic carbocycles. The first-order chi connectivity index (χ1) is 14.3. The van der Waals surface area contributed by atoms with Crippen LogP contribution < -0.4 is 10.1 Å². The number of hydrogen-bond donors (Lipinski definition) is 1. The van der Waals surface area contributed by atoms with E-state index in [-0.39, 0.29) is 23.4 Å². The number of aryl methyl sites for hydroxylation is 1. The van der Waals surface area contributed by atoms with Gasteiger partial charge in [0.1, 0.15) is 11.5 Å². The van der Waals surface area contributed by atoms with E-state index in [0.717, 1.165) is 6.07 Å².